The van der Waals surface area contributed by atoms with E-state index in [4.69, 9.17) is 4.74 Å². The fraction of sp³-hybridized carbons (Fsp3) is 0.200. The van der Waals surface area contributed by atoms with Crippen LogP contribution in [0.4, 0.5) is 15.8 Å². The summed E-state index contributed by atoms with van der Waals surface area (Å²) in [4.78, 5) is 35.2. The number of esters is 1. The zero-order valence-electron chi connectivity index (χ0n) is 19.4. The number of nitrogens with zero attached hydrogens (tertiary/aromatic N) is 2. The van der Waals surface area contributed by atoms with Crippen molar-refractivity contribution in [1.82, 2.24) is 4.31 Å². The quantitative estimate of drug-likeness (QED) is 0.269. The van der Waals surface area contributed by atoms with Crippen LogP contribution < -0.4 is 5.32 Å². The molecule has 0 radical (unpaired) electrons. The van der Waals surface area contributed by atoms with Gasteiger partial charge in [0.25, 0.3) is 11.6 Å². The van der Waals surface area contributed by atoms with Crippen LogP contribution in [0.5, 0.6) is 0 Å². The van der Waals surface area contributed by atoms with Crippen molar-refractivity contribution in [3.05, 3.63) is 99.9 Å². The molecule has 1 aliphatic heterocycles. The molecule has 1 N–H and O–H groups in total. The second-order valence-corrected chi connectivity index (χ2v) is 10.1. The number of nitro benzene ring substituents is 1. The van der Waals surface area contributed by atoms with E-state index in [1.807, 2.05) is 12.1 Å². The summed E-state index contributed by atoms with van der Waals surface area (Å²) in [7, 11) is -3.94. The van der Waals surface area contributed by atoms with Gasteiger partial charge in [0, 0.05) is 18.7 Å². The molecule has 10 nitrogen and oxygen atoms in total. The number of nitrogens with one attached hydrogen (secondary N) is 1. The topological polar surface area (TPSA) is 136 Å². The molecule has 12 heteroatoms. The van der Waals surface area contributed by atoms with Gasteiger partial charge in [0.15, 0.2) is 6.61 Å². The average molecular weight is 528 g/mol. The Morgan fingerprint density at radius 2 is 1.78 bits per heavy atom. The summed E-state index contributed by atoms with van der Waals surface area (Å²) in [6.45, 7) is -0.639. The van der Waals surface area contributed by atoms with Gasteiger partial charge >= 0.3 is 5.97 Å². The number of hydrogen-bond acceptors (Lipinski definition) is 7. The Bertz CT molecular complexity index is 1450. The van der Waals surface area contributed by atoms with Gasteiger partial charge in [-0.25, -0.2) is 12.8 Å². The van der Waals surface area contributed by atoms with E-state index in [0.717, 1.165) is 23.8 Å². The molecule has 1 atom stereocenters. The first-order valence-electron chi connectivity index (χ1n) is 11.2. The highest BCUT2D eigenvalue weighted by atomic mass is 32.2. The molecule has 1 aliphatic rings. The van der Waals surface area contributed by atoms with Crippen LogP contribution in [0.2, 0.25) is 0 Å². The van der Waals surface area contributed by atoms with Crippen molar-refractivity contribution >= 4 is 33.3 Å². The van der Waals surface area contributed by atoms with Gasteiger partial charge in [-0.2, -0.15) is 4.31 Å². The zero-order chi connectivity index (χ0) is 26.6. The Hall–Kier alpha value is -4.16. The van der Waals surface area contributed by atoms with Crippen LogP contribution in [0.25, 0.3) is 0 Å². The fourth-order valence-corrected chi connectivity index (χ4v) is 5.75. The summed E-state index contributed by atoms with van der Waals surface area (Å²) in [5.74, 6) is -2.65. The molecule has 0 aromatic heterocycles. The Morgan fingerprint density at radius 3 is 2.51 bits per heavy atom. The number of hydrogen-bond donors (Lipinski definition) is 1. The van der Waals surface area contributed by atoms with Gasteiger partial charge < -0.3 is 10.1 Å². The van der Waals surface area contributed by atoms with Gasteiger partial charge in [0.2, 0.25) is 10.0 Å². The third kappa shape index (κ3) is 5.81. The minimum absolute atomic E-state index is 0.0890. The molecule has 3 aromatic rings. The molecule has 3 aromatic carbocycles. The monoisotopic (exact) mass is 527 g/mol. The molecule has 4 rings (SSSR count). The molecule has 0 spiro atoms. The summed E-state index contributed by atoms with van der Waals surface area (Å²) in [6.07, 6.45) is 0.104. The minimum atomic E-state index is -3.94. The van der Waals surface area contributed by atoms with Gasteiger partial charge in [-0.3, -0.25) is 19.7 Å². The maximum Gasteiger partial charge on any atom is 0.308 e. The highest BCUT2D eigenvalue weighted by Gasteiger charge is 2.37. The summed E-state index contributed by atoms with van der Waals surface area (Å²) in [5.41, 5.74) is 0.702. The molecule has 0 bridgehead atoms. The zero-order valence-corrected chi connectivity index (χ0v) is 20.2. The van der Waals surface area contributed by atoms with Crippen molar-refractivity contribution in [1.29, 1.82) is 0 Å². The second-order valence-electron chi connectivity index (χ2n) is 8.23. The summed E-state index contributed by atoms with van der Waals surface area (Å²) >= 11 is 0. The lowest BCUT2D eigenvalue weighted by Gasteiger charge is -2.36. The molecule has 0 saturated heterocycles. The highest BCUT2D eigenvalue weighted by molar-refractivity contribution is 7.89. The minimum Gasteiger partial charge on any atom is -0.456 e. The standard InChI is InChI=1S/C25H22FN3O7S/c26-21-11-10-18(29(32)33)14-22(21)27-24(30)16-36-25(31)15-23-20-9-5-4-6-17(20)12-13-28(23)37(34,35)19-7-2-1-3-8-19/h1-11,14,23H,12-13,15-16H2,(H,27,30)/t23-/m1/s1. The lowest BCUT2D eigenvalue weighted by Crippen LogP contribution is -2.41. The van der Waals surface area contributed by atoms with Crippen LogP contribution in [0, 0.1) is 15.9 Å². The molecule has 1 amide bonds. The lowest BCUT2D eigenvalue weighted by molar-refractivity contribution is -0.384. The van der Waals surface area contributed by atoms with Gasteiger partial charge in [-0.1, -0.05) is 42.5 Å². The van der Waals surface area contributed by atoms with Crippen LogP contribution >= 0.6 is 0 Å². The number of fused-ring (bicyclic) bond motifs is 1. The van der Waals surface area contributed by atoms with E-state index in [2.05, 4.69) is 5.32 Å². The fourth-order valence-electron chi connectivity index (χ4n) is 4.13. The number of rotatable bonds is 8. The Labute approximate surface area is 211 Å². The number of sulfonamides is 1. The lowest BCUT2D eigenvalue weighted by atomic mass is 9.92. The average Bonchev–Trinajstić information content (AvgIpc) is 2.89. The van der Waals surface area contributed by atoms with Gasteiger partial charge in [0.1, 0.15) is 5.82 Å². The smallest absolute Gasteiger partial charge is 0.308 e. The van der Waals surface area contributed by atoms with E-state index < -0.39 is 56.7 Å². The maximum absolute atomic E-state index is 13.9. The largest absolute Gasteiger partial charge is 0.456 e. The molecule has 0 aliphatic carbocycles. The van der Waals surface area contributed by atoms with Crippen molar-refractivity contribution < 1.29 is 32.1 Å². The molecule has 0 fully saturated rings. The first kappa shape index (κ1) is 25.9. The van der Waals surface area contributed by atoms with Crippen LogP contribution in [0.3, 0.4) is 0 Å². The highest BCUT2D eigenvalue weighted by Crippen LogP contribution is 2.36. The molecule has 192 valence electrons. The number of ether oxygens (including phenoxy) is 1. The van der Waals surface area contributed by atoms with Crippen LogP contribution in [0.1, 0.15) is 23.6 Å². The Morgan fingerprint density at radius 1 is 1.08 bits per heavy atom. The maximum atomic E-state index is 13.9. The van der Waals surface area contributed by atoms with Gasteiger partial charge in [-0.05, 0) is 35.7 Å². The number of non-ortho nitro benzene ring substituents is 1. The summed E-state index contributed by atoms with van der Waals surface area (Å²) in [6, 6.07) is 16.8. The third-order valence-corrected chi connectivity index (χ3v) is 7.79. The predicted molar refractivity (Wildman–Crippen MR) is 130 cm³/mol. The molecule has 0 unspecified atom stereocenters. The van der Waals surface area contributed by atoms with Crippen molar-refractivity contribution in [3.8, 4) is 0 Å². The van der Waals surface area contributed by atoms with Crippen molar-refractivity contribution in [2.24, 2.45) is 0 Å². The number of amides is 1. The Kier molecular flexibility index (Phi) is 7.60. The van der Waals surface area contributed by atoms with E-state index >= 15 is 0 Å². The number of benzene rings is 3. The SMILES string of the molecule is O=C(COC(=O)C[C@@H]1c2ccccc2CCN1S(=O)(=O)c1ccccc1)Nc1cc([N+](=O)[O-])ccc1F. The van der Waals surface area contributed by atoms with Crippen LogP contribution in [0.15, 0.2) is 77.7 Å². The van der Waals surface area contributed by atoms with Gasteiger partial charge in [-0.15, -0.1) is 0 Å². The first-order chi connectivity index (χ1) is 17.7. The number of halogens is 1. The normalized spacial score (nSPS) is 15.4. The van der Waals surface area contributed by atoms with Gasteiger partial charge in [0.05, 0.1) is 28.0 Å². The van der Waals surface area contributed by atoms with Crippen molar-refractivity contribution in [3.63, 3.8) is 0 Å². The van der Waals surface area contributed by atoms with E-state index in [0.29, 0.717) is 12.0 Å². The third-order valence-electron chi connectivity index (χ3n) is 5.87. The van der Waals surface area contributed by atoms with Crippen LogP contribution in [-0.4, -0.2) is 42.7 Å². The molecule has 0 saturated carbocycles. The molecule has 1 heterocycles. The Balaban J connectivity index is 1.48. The number of nitro groups is 1. The molecule has 37 heavy (non-hydrogen) atoms. The predicted octanol–water partition coefficient (Wildman–Crippen LogP) is 3.59. The first-order valence-corrected chi connectivity index (χ1v) is 12.6. The second kappa shape index (κ2) is 10.8. The van der Waals surface area contributed by atoms with Crippen LogP contribution in [-0.2, 0) is 30.8 Å². The van der Waals surface area contributed by atoms with E-state index in [9.17, 15) is 32.5 Å². The molecular weight excluding hydrogens is 505 g/mol. The number of carbonyl (C=O) groups excluding carboxylic acids is 2. The summed E-state index contributed by atoms with van der Waals surface area (Å²) < 4.78 is 47.0. The van der Waals surface area contributed by atoms with E-state index in [1.54, 1.807) is 30.3 Å². The van der Waals surface area contributed by atoms with Crippen molar-refractivity contribution in [2.45, 2.75) is 23.8 Å². The van der Waals surface area contributed by atoms with Crippen molar-refractivity contribution in [2.75, 3.05) is 18.5 Å². The number of carbonyl (C=O) groups is 2. The number of anilines is 1. The van der Waals surface area contributed by atoms with E-state index in [-0.39, 0.29) is 17.9 Å². The summed E-state index contributed by atoms with van der Waals surface area (Å²) in [5, 5.41) is 13.0. The molecular formula is C25H22FN3O7S. The van der Waals surface area contributed by atoms with E-state index in [1.165, 1.54) is 16.4 Å².